The summed E-state index contributed by atoms with van der Waals surface area (Å²) in [5, 5.41) is 0. The highest BCUT2D eigenvalue weighted by molar-refractivity contribution is 7.89. The molecular formula is C21H25N3O3S. The Morgan fingerprint density at radius 3 is 2.46 bits per heavy atom. The summed E-state index contributed by atoms with van der Waals surface area (Å²) in [4.78, 5) is 16.0. The van der Waals surface area contributed by atoms with Gasteiger partial charge in [-0.1, -0.05) is 18.2 Å². The summed E-state index contributed by atoms with van der Waals surface area (Å²) in [7, 11) is -3.55. The first-order valence-electron chi connectivity index (χ1n) is 9.68. The second-order valence-electron chi connectivity index (χ2n) is 7.29. The van der Waals surface area contributed by atoms with E-state index in [0.717, 1.165) is 29.9 Å². The largest absolute Gasteiger partial charge is 0.370 e. The van der Waals surface area contributed by atoms with Gasteiger partial charge >= 0.3 is 0 Å². The lowest BCUT2D eigenvalue weighted by Gasteiger charge is -2.23. The molecule has 0 N–H and O–H groups in total. The van der Waals surface area contributed by atoms with E-state index in [1.54, 1.807) is 27.4 Å². The summed E-state index contributed by atoms with van der Waals surface area (Å²) in [5.41, 5.74) is 2.89. The molecule has 4 rings (SSSR count). The SMILES string of the molecule is CC(=O)N1CCc2cc(S(=O)(=O)N3CCCN(c4ccccc4)CC3)ccc21. The lowest BCUT2D eigenvalue weighted by molar-refractivity contribution is -0.116. The van der Waals surface area contributed by atoms with Crippen molar-refractivity contribution in [2.24, 2.45) is 0 Å². The van der Waals surface area contributed by atoms with Crippen LogP contribution in [0.5, 0.6) is 0 Å². The molecule has 0 atom stereocenters. The van der Waals surface area contributed by atoms with Crippen LogP contribution >= 0.6 is 0 Å². The first-order valence-corrected chi connectivity index (χ1v) is 11.1. The van der Waals surface area contributed by atoms with Crippen molar-refractivity contribution >= 4 is 27.3 Å². The average molecular weight is 400 g/mol. The normalized spacial score (nSPS) is 18.0. The zero-order valence-corrected chi connectivity index (χ0v) is 16.9. The number of benzene rings is 2. The number of carbonyl (C=O) groups is 1. The van der Waals surface area contributed by atoms with Crippen LogP contribution in [0, 0.1) is 0 Å². The van der Waals surface area contributed by atoms with Gasteiger partial charge in [-0.2, -0.15) is 4.31 Å². The minimum atomic E-state index is -3.55. The number of fused-ring (bicyclic) bond motifs is 1. The van der Waals surface area contributed by atoms with Gasteiger partial charge in [-0.3, -0.25) is 4.79 Å². The number of carbonyl (C=O) groups excluding carboxylic acids is 1. The van der Waals surface area contributed by atoms with Gasteiger partial charge in [-0.15, -0.1) is 0 Å². The molecule has 148 valence electrons. The molecule has 0 unspecified atom stereocenters. The Kier molecular flexibility index (Phi) is 5.12. The van der Waals surface area contributed by atoms with E-state index < -0.39 is 10.0 Å². The third-order valence-corrected chi connectivity index (χ3v) is 7.44. The van der Waals surface area contributed by atoms with Crippen LogP contribution in [0.4, 0.5) is 11.4 Å². The smallest absolute Gasteiger partial charge is 0.243 e. The summed E-state index contributed by atoms with van der Waals surface area (Å²) >= 11 is 0. The maximum Gasteiger partial charge on any atom is 0.243 e. The zero-order valence-electron chi connectivity index (χ0n) is 16.0. The molecule has 0 aromatic heterocycles. The molecule has 0 aliphatic carbocycles. The van der Waals surface area contributed by atoms with Crippen LogP contribution in [-0.2, 0) is 21.2 Å². The lowest BCUT2D eigenvalue weighted by atomic mass is 10.2. The molecule has 2 heterocycles. The van der Waals surface area contributed by atoms with E-state index in [1.165, 1.54) is 6.92 Å². The Labute approximate surface area is 166 Å². The first kappa shape index (κ1) is 19.0. The van der Waals surface area contributed by atoms with Crippen LogP contribution in [0.3, 0.4) is 0 Å². The van der Waals surface area contributed by atoms with Crippen LogP contribution < -0.4 is 9.80 Å². The van der Waals surface area contributed by atoms with E-state index in [0.29, 0.717) is 37.5 Å². The zero-order chi connectivity index (χ0) is 19.7. The van der Waals surface area contributed by atoms with E-state index in [1.807, 2.05) is 18.2 Å². The van der Waals surface area contributed by atoms with E-state index >= 15 is 0 Å². The average Bonchev–Trinajstić information content (AvgIpc) is 2.96. The van der Waals surface area contributed by atoms with Crippen molar-refractivity contribution in [3.8, 4) is 0 Å². The molecule has 0 bridgehead atoms. The number of nitrogens with zero attached hydrogens (tertiary/aromatic N) is 3. The molecule has 7 heteroatoms. The minimum absolute atomic E-state index is 0.0112. The Balaban J connectivity index is 1.53. The van der Waals surface area contributed by atoms with Gasteiger partial charge in [0.2, 0.25) is 15.9 Å². The highest BCUT2D eigenvalue weighted by atomic mass is 32.2. The molecule has 2 aromatic rings. The van der Waals surface area contributed by atoms with Crippen LogP contribution in [0.2, 0.25) is 0 Å². The molecule has 2 aliphatic heterocycles. The van der Waals surface area contributed by atoms with Crippen molar-refractivity contribution in [1.82, 2.24) is 4.31 Å². The predicted octanol–water partition coefficient (Wildman–Crippen LogP) is 2.50. The third kappa shape index (κ3) is 3.52. The highest BCUT2D eigenvalue weighted by Gasteiger charge is 2.29. The molecule has 28 heavy (non-hydrogen) atoms. The van der Waals surface area contributed by atoms with Crippen molar-refractivity contribution in [3.63, 3.8) is 0 Å². The van der Waals surface area contributed by atoms with Gasteiger partial charge in [0.25, 0.3) is 0 Å². The maximum atomic E-state index is 13.2. The van der Waals surface area contributed by atoms with Crippen molar-refractivity contribution in [3.05, 3.63) is 54.1 Å². The standard InChI is InChI=1S/C21H25N3O3S/c1-17(25)24-13-10-18-16-20(8-9-21(18)24)28(26,27)23-12-5-11-22(14-15-23)19-6-3-2-4-7-19/h2-4,6-9,16H,5,10-15H2,1H3. The number of sulfonamides is 1. The van der Waals surface area contributed by atoms with Gasteiger partial charge in [-0.25, -0.2) is 8.42 Å². The summed E-state index contributed by atoms with van der Waals surface area (Å²) < 4.78 is 28.0. The fourth-order valence-electron chi connectivity index (χ4n) is 4.05. The van der Waals surface area contributed by atoms with Crippen molar-refractivity contribution < 1.29 is 13.2 Å². The van der Waals surface area contributed by atoms with E-state index in [4.69, 9.17) is 0 Å². The summed E-state index contributed by atoms with van der Waals surface area (Å²) in [5.74, 6) is -0.0112. The van der Waals surface area contributed by atoms with E-state index in [-0.39, 0.29) is 5.91 Å². The second kappa shape index (κ2) is 7.56. The molecule has 1 amide bonds. The van der Waals surface area contributed by atoms with Crippen LogP contribution in [0.25, 0.3) is 0 Å². The number of para-hydroxylation sites is 1. The highest BCUT2D eigenvalue weighted by Crippen LogP contribution is 2.31. The summed E-state index contributed by atoms with van der Waals surface area (Å²) in [6.45, 7) is 4.65. The molecule has 0 spiro atoms. The van der Waals surface area contributed by atoms with Gasteiger partial charge in [0.1, 0.15) is 0 Å². The summed E-state index contributed by atoms with van der Waals surface area (Å²) in [6.07, 6.45) is 1.48. The Bertz CT molecular complexity index is 976. The Morgan fingerprint density at radius 1 is 0.929 bits per heavy atom. The molecule has 2 aromatic carbocycles. The number of hydrogen-bond acceptors (Lipinski definition) is 4. The Hall–Kier alpha value is -2.38. The van der Waals surface area contributed by atoms with Crippen molar-refractivity contribution in [1.29, 1.82) is 0 Å². The maximum absolute atomic E-state index is 13.2. The quantitative estimate of drug-likeness (QED) is 0.796. The first-order chi connectivity index (χ1) is 13.5. The van der Waals surface area contributed by atoms with Crippen LogP contribution in [-0.4, -0.2) is 51.4 Å². The van der Waals surface area contributed by atoms with E-state index in [2.05, 4.69) is 17.0 Å². The fourth-order valence-corrected chi connectivity index (χ4v) is 5.57. The summed E-state index contributed by atoms with van der Waals surface area (Å²) in [6, 6.07) is 15.3. The number of anilines is 2. The molecule has 0 radical (unpaired) electrons. The van der Waals surface area contributed by atoms with Gasteiger partial charge in [-0.05, 0) is 48.7 Å². The molecule has 1 saturated heterocycles. The van der Waals surface area contributed by atoms with Crippen molar-refractivity contribution in [2.45, 2.75) is 24.7 Å². The number of rotatable bonds is 3. The topological polar surface area (TPSA) is 60.9 Å². The van der Waals surface area contributed by atoms with Gasteiger partial charge in [0.05, 0.1) is 4.90 Å². The number of hydrogen-bond donors (Lipinski definition) is 0. The molecule has 2 aliphatic rings. The molecule has 0 saturated carbocycles. The number of amides is 1. The minimum Gasteiger partial charge on any atom is -0.370 e. The molecule has 6 nitrogen and oxygen atoms in total. The van der Waals surface area contributed by atoms with Crippen LogP contribution in [0.1, 0.15) is 18.9 Å². The van der Waals surface area contributed by atoms with Gasteiger partial charge < -0.3 is 9.80 Å². The van der Waals surface area contributed by atoms with Gasteiger partial charge in [0, 0.05) is 51.0 Å². The third-order valence-electron chi connectivity index (χ3n) is 5.54. The lowest BCUT2D eigenvalue weighted by Crippen LogP contribution is -2.35. The Morgan fingerprint density at radius 2 is 1.71 bits per heavy atom. The predicted molar refractivity (Wildman–Crippen MR) is 110 cm³/mol. The fraction of sp³-hybridized carbons (Fsp3) is 0.381. The van der Waals surface area contributed by atoms with Crippen molar-refractivity contribution in [2.75, 3.05) is 42.5 Å². The van der Waals surface area contributed by atoms with Gasteiger partial charge in [0.15, 0.2) is 0 Å². The molecular weight excluding hydrogens is 374 g/mol. The second-order valence-corrected chi connectivity index (χ2v) is 9.23. The molecule has 1 fully saturated rings. The van der Waals surface area contributed by atoms with E-state index in [9.17, 15) is 13.2 Å². The van der Waals surface area contributed by atoms with Crippen LogP contribution in [0.15, 0.2) is 53.4 Å². The monoisotopic (exact) mass is 399 g/mol.